The molecule has 0 aliphatic rings. The number of thiazole rings is 1. The standard InChI is InChI=1S/C15H27N3O3S/c1-11(19)10-18(14(20)21-15(3,4)5)8-6-16-12(2)13-17-7-9-22-13/h7,9,11-12,16,19H,6,8,10H2,1-5H3. The normalized spacial score (nSPS) is 14.5. The second-order valence-electron chi connectivity index (χ2n) is 6.32. The number of aliphatic hydroxyl groups excluding tert-OH is 1. The number of aromatic nitrogens is 1. The van der Waals surface area contributed by atoms with Gasteiger partial charge in [0.15, 0.2) is 0 Å². The summed E-state index contributed by atoms with van der Waals surface area (Å²) in [6.07, 6.45) is 0.777. The fraction of sp³-hybridized carbons (Fsp3) is 0.733. The topological polar surface area (TPSA) is 74.7 Å². The van der Waals surface area contributed by atoms with Crippen LogP contribution in [0.25, 0.3) is 0 Å². The van der Waals surface area contributed by atoms with Crippen molar-refractivity contribution < 1.29 is 14.6 Å². The number of carbonyl (C=O) groups excluding carboxylic acids is 1. The Balaban J connectivity index is 2.49. The minimum atomic E-state index is -0.594. The predicted molar refractivity (Wildman–Crippen MR) is 88.0 cm³/mol. The van der Waals surface area contributed by atoms with Crippen LogP contribution in [-0.2, 0) is 4.74 Å². The number of hydrogen-bond acceptors (Lipinski definition) is 6. The first-order valence-electron chi connectivity index (χ1n) is 7.48. The smallest absolute Gasteiger partial charge is 0.410 e. The molecule has 0 bridgehead atoms. The van der Waals surface area contributed by atoms with Crippen molar-refractivity contribution in [3.63, 3.8) is 0 Å². The van der Waals surface area contributed by atoms with E-state index in [9.17, 15) is 9.90 Å². The molecule has 7 heteroatoms. The maximum Gasteiger partial charge on any atom is 0.410 e. The number of nitrogens with zero attached hydrogens (tertiary/aromatic N) is 2. The van der Waals surface area contributed by atoms with Crippen LogP contribution in [0.3, 0.4) is 0 Å². The number of amides is 1. The number of aliphatic hydroxyl groups is 1. The summed E-state index contributed by atoms with van der Waals surface area (Å²) in [6, 6.07) is 0.132. The molecule has 1 heterocycles. The minimum Gasteiger partial charge on any atom is -0.444 e. The molecule has 2 N–H and O–H groups in total. The lowest BCUT2D eigenvalue weighted by atomic mass is 10.2. The van der Waals surface area contributed by atoms with Crippen molar-refractivity contribution in [2.45, 2.75) is 52.4 Å². The molecule has 0 saturated heterocycles. The molecule has 6 nitrogen and oxygen atoms in total. The molecule has 22 heavy (non-hydrogen) atoms. The van der Waals surface area contributed by atoms with Gasteiger partial charge in [0.2, 0.25) is 0 Å². The molecule has 0 radical (unpaired) electrons. The average molecular weight is 329 g/mol. The van der Waals surface area contributed by atoms with E-state index in [1.165, 1.54) is 4.90 Å². The van der Waals surface area contributed by atoms with Gasteiger partial charge in [-0.05, 0) is 34.6 Å². The quantitative estimate of drug-likeness (QED) is 0.803. The summed E-state index contributed by atoms with van der Waals surface area (Å²) in [4.78, 5) is 17.9. The van der Waals surface area contributed by atoms with Gasteiger partial charge in [0.1, 0.15) is 10.6 Å². The van der Waals surface area contributed by atoms with Crippen LogP contribution in [0.1, 0.15) is 45.7 Å². The van der Waals surface area contributed by atoms with E-state index in [0.29, 0.717) is 13.1 Å². The lowest BCUT2D eigenvalue weighted by Gasteiger charge is -2.28. The van der Waals surface area contributed by atoms with E-state index in [1.807, 2.05) is 33.1 Å². The highest BCUT2D eigenvalue weighted by molar-refractivity contribution is 7.09. The molecule has 2 atom stereocenters. The lowest BCUT2D eigenvalue weighted by Crippen LogP contribution is -2.43. The average Bonchev–Trinajstić information content (AvgIpc) is 2.88. The van der Waals surface area contributed by atoms with Crippen LogP contribution >= 0.6 is 11.3 Å². The monoisotopic (exact) mass is 329 g/mol. The Morgan fingerprint density at radius 3 is 2.68 bits per heavy atom. The van der Waals surface area contributed by atoms with Crippen molar-refractivity contribution in [2.24, 2.45) is 0 Å². The summed E-state index contributed by atoms with van der Waals surface area (Å²) >= 11 is 1.60. The fourth-order valence-corrected chi connectivity index (χ4v) is 2.52. The van der Waals surface area contributed by atoms with E-state index in [2.05, 4.69) is 10.3 Å². The summed E-state index contributed by atoms with van der Waals surface area (Å²) < 4.78 is 5.37. The summed E-state index contributed by atoms with van der Waals surface area (Å²) in [5.41, 5.74) is -0.546. The summed E-state index contributed by atoms with van der Waals surface area (Å²) in [5.74, 6) is 0. The van der Waals surface area contributed by atoms with Gasteiger partial charge < -0.3 is 20.1 Å². The van der Waals surface area contributed by atoms with Crippen LogP contribution in [0.2, 0.25) is 0 Å². The van der Waals surface area contributed by atoms with Crippen LogP contribution in [0, 0.1) is 0 Å². The van der Waals surface area contributed by atoms with Crippen molar-refractivity contribution in [3.05, 3.63) is 16.6 Å². The van der Waals surface area contributed by atoms with Crippen LogP contribution in [0.15, 0.2) is 11.6 Å². The van der Waals surface area contributed by atoms with Gasteiger partial charge in [-0.1, -0.05) is 0 Å². The molecule has 126 valence electrons. The first-order chi connectivity index (χ1) is 10.2. The molecule has 0 aromatic carbocycles. The van der Waals surface area contributed by atoms with Gasteiger partial charge in [0, 0.05) is 31.2 Å². The molecule has 0 fully saturated rings. The highest BCUT2D eigenvalue weighted by Crippen LogP contribution is 2.14. The molecular formula is C15H27N3O3S. The fourth-order valence-electron chi connectivity index (χ4n) is 1.85. The zero-order valence-electron chi connectivity index (χ0n) is 14.0. The maximum absolute atomic E-state index is 12.2. The molecule has 1 amide bonds. The van der Waals surface area contributed by atoms with Crippen molar-refractivity contribution in [2.75, 3.05) is 19.6 Å². The number of rotatable bonds is 7. The van der Waals surface area contributed by atoms with Crippen LogP contribution in [0.5, 0.6) is 0 Å². The molecule has 0 spiro atoms. The molecule has 1 aromatic rings. The van der Waals surface area contributed by atoms with E-state index in [1.54, 1.807) is 24.5 Å². The van der Waals surface area contributed by atoms with Gasteiger partial charge in [-0.2, -0.15) is 0 Å². The molecule has 0 saturated carbocycles. The second-order valence-corrected chi connectivity index (χ2v) is 7.25. The van der Waals surface area contributed by atoms with Gasteiger partial charge in [0.05, 0.1) is 12.1 Å². The highest BCUT2D eigenvalue weighted by Gasteiger charge is 2.23. The van der Waals surface area contributed by atoms with E-state index >= 15 is 0 Å². The largest absolute Gasteiger partial charge is 0.444 e. The Hall–Kier alpha value is -1.18. The van der Waals surface area contributed by atoms with Gasteiger partial charge in [0.25, 0.3) is 0 Å². The minimum absolute atomic E-state index is 0.132. The van der Waals surface area contributed by atoms with Gasteiger partial charge >= 0.3 is 6.09 Å². The SMILES string of the molecule is CC(O)CN(CCNC(C)c1nccs1)C(=O)OC(C)(C)C. The third kappa shape index (κ3) is 7.20. The van der Waals surface area contributed by atoms with Gasteiger partial charge in [-0.3, -0.25) is 0 Å². The van der Waals surface area contributed by atoms with E-state index in [-0.39, 0.29) is 12.6 Å². The molecule has 1 rings (SSSR count). The third-order valence-corrected chi connectivity index (χ3v) is 3.75. The Bertz CT molecular complexity index is 443. The van der Waals surface area contributed by atoms with E-state index < -0.39 is 17.8 Å². The van der Waals surface area contributed by atoms with E-state index in [0.717, 1.165) is 5.01 Å². The molecule has 1 aromatic heterocycles. The summed E-state index contributed by atoms with van der Waals surface area (Å²) in [7, 11) is 0. The second kappa shape index (κ2) is 8.45. The lowest BCUT2D eigenvalue weighted by molar-refractivity contribution is 0.0163. The van der Waals surface area contributed by atoms with Crippen molar-refractivity contribution in [1.29, 1.82) is 0 Å². The number of nitrogens with one attached hydrogen (secondary N) is 1. The first-order valence-corrected chi connectivity index (χ1v) is 8.36. The maximum atomic E-state index is 12.2. The van der Waals surface area contributed by atoms with Crippen molar-refractivity contribution in [3.8, 4) is 0 Å². The number of ether oxygens (including phenoxy) is 1. The first kappa shape index (κ1) is 18.9. The number of hydrogen-bond donors (Lipinski definition) is 2. The van der Waals surface area contributed by atoms with Crippen LogP contribution in [0.4, 0.5) is 4.79 Å². The molecule has 0 aliphatic carbocycles. The van der Waals surface area contributed by atoms with Crippen LogP contribution in [-0.4, -0.2) is 52.4 Å². The van der Waals surface area contributed by atoms with Gasteiger partial charge in [-0.15, -0.1) is 11.3 Å². The highest BCUT2D eigenvalue weighted by atomic mass is 32.1. The Morgan fingerprint density at radius 1 is 1.50 bits per heavy atom. The Kier molecular flexibility index (Phi) is 7.25. The summed E-state index contributed by atoms with van der Waals surface area (Å²) in [5, 5.41) is 15.8. The van der Waals surface area contributed by atoms with Crippen molar-refractivity contribution >= 4 is 17.4 Å². The zero-order valence-corrected chi connectivity index (χ0v) is 14.8. The van der Waals surface area contributed by atoms with Gasteiger partial charge in [-0.25, -0.2) is 9.78 Å². The molecular weight excluding hydrogens is 302 g/mol. The van der Waals surface area contributed by atoms with Crippen molar-refractivity contribution in [1.82, 2.24) is 15.2 Å². The zero-order chi connectivity index (χ0) is 16.8. The Labute approximate surface area is 136 Å². The molecule has 0 aliphatic heterocycles. The summed E-state index contributed by atoms with van der Waals surface area (Å²) in [6.45, 7) is 10.5. The predicted octanol–water partition coefficient (Wildman–Crippen LogP) is 2.41. The van der Waals surface area contributed by atoms with Crippen LogP contribution < -0.4 is 5.32 Å². The third-order valence-electron chi connectivity index (χ3n) is 2.79. The molecule has 2 unspecified atom stereocenters. The number of carbonyl (C=O) groups is 1. The Morgan fingerprint density at radius 2 is 2.18 bits per heavy atom. The van der Waals surface area contributed by atoms with E-state index in [4.69, 9.17) is 4.74 Å².